The van der Waals surface area contributed by atoms with Crippen molar-refractivity contribution >= 4 is 17.5 Å². The Balaban J connectivity index is 1.48. The van der Waals surface area contributed by atoms with E-state index in [4.69, 9.17) is 0 Å². The van der Waals surface area contributed by atoms with Gasteiger partial charge < -0.3 is 15.7 Å². The van der Waals surface area contributed by atoms with Gasteiger partial charge in [-0.2, -0.15) is 0 Å². The third kappa shape index (κ3) is 5.32. The molecule has 1 aromatic heterocycles. The summed E-state index contributed by atoms with van der Waals surface area (Å²) in [4.78, 5) is 33.8. The molecule has 2 amide bonds. The zero-order valence-electron chi connectivity index (χ0n) is 17.0. The van der Waals surface area contributed by atoms with Crippen LogP contribution in [0.2, 0.25) is 0 Å². The summed E-state index contributed by atoms with van der Waals surface area (Å²) in [7, 11) is 0. The molecule has 0 bridgehead atoms. The molecule has 3 N–H and O–H groups in total. The number of rotatable bonds is 5. The van der Waals surface area contributed by atoms with Crippen LogP contribution in [-0.2, 0) is 0 Å². The number of aromatic nitrogens is 2. The Morgan fingerprint density at radius 3 is 2.45 bits per heavy atom. The highest BCUT2D eigenvalue weighted by atomic mass is 16.3. The van der Waals surface area contributed by atoms with Crippen LogP contribution in [0.25, 0.3) is 11.3 Å². The lowest BCUT2D eigenvalue weighted by molar-refractivity contribution is 0.0867. The molecule has 7 heteroatoms. The van der Waals surface area contributed by atoms with E-state index in [1.807, 2.05) is 24.3 Å². The molecule has 2 aromatic carbocycles. The van der Waals surface area contributed by atoms with Crippen molar-refractivity contribution in [1.29, 1.82) is 0 Å². The van der Waals surface area contributed by atoms with Gasteiger partial charge >= 0.3 is 0 Å². The molecule has 3 aromatic rings. The van der Waals surface area contributed by atoms with Crippen LogP contribution in [0.15, 0.2) is 67.0 Å². The minimum Gasteiger partial charge on any atom is -0.393 e. The molecule has 31 heavy (non-hydrogen) atoms. The third-order valence-corrected chi connectivity index (χ3v) is 5.35. The average Bonchev–Trinajstić information content (AvgIpc) is 2.81. The molecule has 0 atom stereocenters. The minimum atomic E-state index is -0.353. The van der Waals surface area contributed by atoms with Crippen LogP contribution in [0.1, 0.15) is 46.5 Å². The second-order valence-electron chi connectivity index (χ2n) is 7.67. The Morgan fingerprint density at radius 2 is 1.68 bits per heavy atom. The summed E-state index contributed by atoms with van der Waals surface area (Å²) in [6.07, 6.45) is 5.68. The second-order valence-corrected chi connectivity index (χ2v) is 7.67. The van der Waals surface area contributed by atoms with E-state index in [0.717, 1.165) is 12.8 Å². The Kier molecular flexibility index (Phi) is 6.33. The van der Waals surface area contributed by atoms with E-state index < -0.39 is 0 Å². The van der Waals surface area contributed by atoms with Crippen molar-refractivity contribution in [3.8, 4) is 11.3 Å². The van der Waals surface area contributed by atoms with Crippen molar-refractivity contribution in [1.82, 2.24) is 15.3 Å². The van der Waals surface area contributed by atoms with E-state index in [9.17, 15) is 14.7 Å². The quantitative estimate of drug-likeness (QED) is 0.591. The molecule has 158 valence electrons. The fourth-order valence-electron chi connectivity index (χ4n) is 3.64. The summed E-state index contributed by atoms with van der Waals surface area (Å²) >= 11 is 0. The number of para-hydroxylation sites is 1. The summed E-state index contributed by atoms with van der Waals surface area (Å²) in [5.74, 6) is -0.511. The monoisotopic (exact) mass is 416 g/mol. The Labute approximate surface area is 180 Å². The number of carbonyl (C=O) groups is 2. The summed E-state index contributed by atoms with van der Waals surface area (Å²) < 4.78 is 0. The van der Waals surface area contributed by atoms with Crippen LogP contribution < -0.4 is 10.6 Å². The molecule has 0 unspecified atom stereocenters. The number of nitrogens with zero attached hydrogens (tertiary/aromatic N) is 2. The van der Waals surface area contributed by atoms with E-state index in [0.29, 0.717) is 35.3 Å². The highest BCUT2D eigenvalue weighted by Gasteiger charge is 2.21. The summed E-state index contributed by atoms with van der Waals surface area (Å²) in [6, 6.07) is 16.3. The summed E-state index contributed by atoms with van der Waals surface area (Å²) in [5.41, 5.74) is 2.60. The van der Waals surface area contributed by atoms with Gasteiger partial charge in [0.1, 0.15) is 5.69 Å². The van der Waals surface area contributed by atoms with Crippen LogP contribution in [0, 0.1) is 0 Å². The molecule has 0 spiro atoms. The summed E-state index contributed by atoms with van der Waals surface area (Å²) in [5, 5.41) is 15.5. The van der Waals surface area contributed by atoms with E-state index in [-0.39, 0.29) is 29.7 Å². The Bertz CT molecular complexity index is 1060. The van der Waals surface area contributed by atoms with Crippen LogP contribution in [-0.4, -0.2) is 39.0 Å². The number of amides is 2. The highest BCUT2D eigenvalue weighted by Crippen LogP contribution is 2.21. The van der Waals surface area contributed by atoms with E-state index in [1.54, 1.807) is 36.5 Å². The van der Waals surface area contributed by atoms with Crippen molar-refractivity contribution in [3.05, 3.63) is 78.2 Å². The normalized spacial score (nSPS) is 18.2. The molecule has 7 nitrogen and oxygen atoms in total. The van der Waals surface area contributed by atoms with Crippen LogP contribution in [0.3, 0.4) is 0 Å². The molecule has 0 radical (unpaired) electrons. The van der Waals surface area contributed by atoms with E-state index >= 15 is 0 Å². The van der Waals surface area contributed by atoms with Crippen molar-refractivity contribution in [2.75, 3.05) is 5.32 Å². The van der Waals surface area contributed by atoms with Gasteiger partial charge in [-0.1, -0.05) is 30.3 Å². The minimum absolute atomic E-state index is 0.0735. The molecule has 4 rings (SSSR count). The van der Waals surface area contributed by atoms with E-state index in [1.165, 1.54) is 6.20 Å². The van der Waals surface area contributed by atoms with Crippen molar-refractivity contribution < 1.29 is 14.7 Å². The smallest absolute Gasteiger partial charge is 0.275 e. The van der Waals surface area contributed by atoms with Gasteiger partial charge in [0.05, 0.1) is 24.2 Å². The average molecular weight is 416 g/mol. The Hall–Kier alpha value is -3.58. The molecular weight excluding hydrogens is 392 g/mol. The second kappa shape index (κ2) is 9.49. The van der Waals surface area contributed by atoms with Gasteiger partial charge in [0.25, 0.3) is 11.8 Å². The van der Waals surface area contributed by atoms with Crippen LogP contribution >= 0.6 is 0 Å². The summed E-state index contributed by atoms with van der Waals surface area (Å²) in [6.45, 7) is 0. The first-order chi connectivity index (χ1) is 15.1. The maximum atomic E-state index is 12.7. The first-order valence-corrected chi connectivity index (χ1v) is 10.4. The number of anilines is 1. The molecule has 1 fully saturated rings. The van der Waals surface area contributed by atoms with Gasteiger partial charge in [0, 0.05) is 22.9 Å². The number of hydrogen-bond donors (Lipinski definition) is 3. The predicted molar refractivity (Wildman–Crippen MR) is 118 cm³/mol. The van der Waals surface area contributed by atoms with Crippen LogP contribution in [0.4, 0.5) is 5.69 Å². The van der Waals surface area contributed by atoms with Crippen molar-refractivity contribution in [3.63, 3.8) is 0 Å². The zero-order chi connectivity index (χ0) is 21.6. The maximum absolute atomic E-state index is 12.7. The fourth-order valence-corrected chi connectivity index (χ4v) is 3.64. The number of nitrogens with one attached hydrogen (secondary N) is 2. The molecule has 1 heterocycles. The predicted octanol–water partition coefficient (Wildman–Crippen LogP) is 3.43. The first-order valence-electron chi connectivity index (χ1n) is 10.4. The van der Waals surface area contributed by atoms with Gasteiger partial charge in [-0.05, 0) is 49.9 Å². The molecule has 0 aliphatic heterocycles. The number of aliphatic hydroxyl groups is 1. The standard InChI is InChI=1S/C24H24N4O3/c29-20-11-9-19(10-12-20)26-23(30)17-6-4-5-16(13-17)21-14-25-15-22(28-21)24(31)27-18-7-2-1-3-8-18/h1-8,13-15,19-20,29H,9-12H2,(H,26,30)(H,27,31). The Morgan fingerprint density at radius 1 is 0.903 bits per heavy atom. The number of carbonyl (C=O) groups excluding carboxylic acids is 2. The van der Waals surface area contributed by atoms with Crippen LogP contribution in [0.5, 0.6) is 0 Å². The van der Waals surface area contributed by atoms with Crippen molar-refractivity contribution in [2.24, 2.45) is 0 Å². The number of benzene rings is 2. The SMILES string of the molecule is O=C(NC1CCC(O)CC1)c1cccc(-c2cncc(C(=O)Nc3ccccc3)n2)c1. The van der Waals surface area contributed by atoms with Gasteiger partial charge in [-0.15, -0.1) is 0 Å². The van der Waals surface area contributed by atoms with Gasteiger partial charge in [-0.25, -0.2) is 4.98 Å². The largest absolute Gasteiger partial charge is 0.393 e. The molecule has 1 aliphatic rings. The molecule has 1 aliphatic carbocycles. The lowest BCUT2D eigenvalue weighted by atomic mass is 9.93. The van der Waals surface area contributed by atoms with E-state index in [2.05, 4.69) is 20.6 Å². The lowest BCUT2D eigenvalue weighted by Crippen LogP contribution is -2.38. The highest BCUT2D eigenvalue weighted by molar-refractivity contribution is 6.03. The van der Waals surface area contributed by atoms with Gasteiger partial charge in [0.15, 0.2) is 0 Å². The number of hydrogen-bond acceptors (Lipinski definition) is 5. The zero-order valence-corrected chi connectivity index (χ0v) is 17.0. The molecule has 0 saturated heterocycles. The van der Waals surface area contributed by atoms with Gasteiger partial charge in [-0.3, -0.25) is 14.6 Å². The number of aliphatic hydroxyl groups excluding tert-OH is 1. The van der Waals surface area contributed by atoms with Gasteiger partial charge in [0.2, 0.25) is 0 Å². The third-order valence-electron chi connectivity index (χ3n) is 5.35. The van der Waals surface area contributed by atoms with Crippen molar-refractivity contribution in [2.45, 2.75) is 37.8 Å². The fraction of sp³-hybridized carbons (Fsp3) is 0.250. The molecule has 1 saturated carbocycles. The maximum Gasteiger partial charge on any atom is 0.275 e. The lowest BCUT2D eigenvalue weighted by Gasteiger charge is -2.26. The first kappa shape index (κ1) is 20.7. The topological polar surface area (TPSA) is 104 Å². The molecular formula is C24H24N4O3.